The Hall–Kier alpha value is -2.40. The van der Waals surface area contributed by atoms with E-state index in [0.717, 1.165) is 0 Å². The van der Waals surface area contributed by atoms with Crippen LogP contribution in [-0.4, -0.2) is 79.9 Å². The second kappa shape index (κ2) is 24.4. The molecule has 0 aromatic heterocycles. The molecule has 0 amide bonds. The van der Waals surface area contributed by atoms with Crippen LogP contribution < -0.4 is 21.5 Å². The summed E-state index contributed by atoms with van der Waals surface area (Å²) in [5.74, 6) is 0. The fraction of sp³-hybridized carbons (Fsp3) is 0.333. The van der Waals surface area contributed by atoms with Gasteiger partial charge in [0, 0.05) is 0 Å². The van der Waals surface area contributed by atoms with Gasteiger partial charge in [-0.1, -0.05) is 0 Å². The van der Waals surface area contributed by atoms with Gasteiger partial charge in [0.05, 0.1) is 0 Å². The number of rotatable bonds is 6. The normalized spacial score (nSPS) is 10.3. The fourth-order valence-electron chi connectivity index (χ4n) is 8.64. The van der Waals surface area contributed by atoms with Crippen LogP contribution in [0.3, 0.4) is 0 Å². The summed E-state index contributed by atoms with van der Waals surface area (Å²) in [4.78, 5) is 0. The molecule has 0 saturated carbocycles. The standard InChI is InChI=1S/6C9H11.3H2O.3Sn/c6*1-7-4-8(2)6-9(3)5-7;;;;;;/h6*4-5H,1-3H3;3*1H2;;;. The topological polar surface area (TPSA) is 94.5 Å². The van der Waals surface area contributed by atoms with Gasteiger partial charge in [-0.05, 0) is 0 Å². The van der Waals surface area contributed by atoms with Crippen LogP contribution >= 0.6 is 0 Å². The molecule has 0 aliphatic heterocycles. The smallest absolute Gasteiger partial charge is 0.412 e. The minimum Gasteiger partial charge on any atom is -0.412 e. The van der Waals surface area contributed by atoms with Gasteiger partial charge in [-0.15, -0.1) is 0 Å². The molecule has 6 N–H and O–H groups in total. The second-order valence-electron chi connectivity index (χ2n) is 17.0. The van der Waals surface area contributed by atoms with E-state index in [1.807, 2.05) is 0 Å². The maximum atomic E-state index is 2.34. The van der Waals surface area contributed by atoms with Gasteiger partial charge in [0.1, 0.15) is 0 Å². The fourth-order valence-corrected chi connectivity index (χ4v) is 20.0. The molecule has 0 heterocycles. The maximum Gasteiger partial charge on any atom is -0.412 e. The summed E-state index contributed by atoms with van der Waals surface area (Å²) < 4.78 is 9.94. The van der Waals surface area contributed by atoms with Crippen LogP contribution in [0.25, 0.3) is 0 Å². The average Bonchev–Trinajstić information content (AvgIpc) is 3.05. The van der Waals surface area contributed by atoms with Crippen molar-refractivity contribution in [2.24, 2.45) is 0 Å². The van der Waals surface area contributed by atoms with Crippen LogP contribution in [0.15, 0.2) is 72.8 Å². The molecule has 60 heavy (non-hydrogen) atoms. The molecule has 318 valence electrons. The molecule has 6 aromatic carbocycles. The van der Waals surface area contributed by atoms with Crippen molar-refractivity contribution in [3.8, 4) is 0 Å². The molecule has 0 atom stereocenters. The van der Waals surface area contributed by atoms with Gasteiger partial charge in [0.2, 0.25) is 0 Å². The minimum absolute atomic E-state index is 0. The van der Waals surface area contributed by atoms with Gasteiger partial charge in [0.25, 0.3) is 0 Å². The molecule has 6 aromatic rings. The average molecular weight is 1130 g/mol. The quantitative estimate of drug-likeness (QED) is 0.159. The van der Waals surface area contributed by atoms with Gasteiger partial charge in [-0.25, -0.2) is 0 Å². The van der Waals surface area contributed by atoms with Crippen molar-refractivity contribution in [1.82, 2.24) is 0 Å². The zero-order valence-electron chi connectivity index (χ0n) is 39.9. The third-order valence-corrected chi connectivity index (χ3v) is 28.6. The van der Waals surface area contributed by atoms with Gasteiger partial charge in [-0.2, -0.15) is 0 Å². The predicted octanol–water partition coefficient (Wildman–Crippen LogP) is 7.10. The van der Waals surface area contributed by atoms with Gasteiger partial charge in [0.15, 0.2) is 0 Å². The first kappa shape index (κ1) is 55.6. The molecule has 6 radical (unpaired) electrons. The summed E-state index contributed by atoms with van der Waals surface area (Å²) in [6.07, 6.45) is 0. The van der Waals surface area contributed by atoms with E-state index in [1.54, 1.807) is 21.5 Å². The third-order valence-electron chi connectivity index (χ3n) is 10.8. The first-order valence-corrected chi connectivity index (χ1v) is 29.0. The van der Waals surface area contributed by atoms with E-state index in [0.29, 0.717) is 0 Å². The van der Waals surface area contributed by atoms with E-state index >= 15 is 0 Å². The van der Waals surface area contributed by atoms with Crippen molar-refractivity contribution in [3.63, 3.8) is 0 Å². The zero-order chi connectivity index (χ0) is 42.5. The summed E-state index contributed by atoms with van der Waals surface area (Å²) in [7, 11) is 0. The number of aryl methyl sites for hydroxylation is 18. The van der Waals surface area contributed by atoms with Gasteiger partial charge in [-0.3, -0.25) is 0 Å². The van der Waals surface area contributed by atoms with Crippen LogP contribution in [-0.2, 0) is 0 Å². The largest absolute Gasteiger partial charge is 0.412 e. The Morgan fingerprint density at radius 2 is 0.267 bits per heavy atom. The molecule has 0 saturated heterocycles. The first-order valence-electron chi connectivity index (χ1n) is 20.4. The molecule has 6 rings (SSSR count). The number of benzene rings is 6. The molecule has 6 heteroatoms. The zero-order valence-corrected chi connectivity index (χ0v) is 48.5. The van der Waals surface area contributed by atoms with Crippen LogP contribution in [0.4, 0.5) is 0 Å². The van der Waals surface area contributed by atoms with E-state index in [-0.39, 0.29) is 16.4 Å². The van der Waals surface area contributed by atoms with Crippen molar-refractivity contribution >= 4 is 84.9 Å². The Balaban J connectivity index is 0.000000439. The monoisotopic (exact) mass is 1130 g/mol. The molecule has 0 bridgehead atoms. The second-order valence-corrected chi connectivity index (χ2v) is 27.7. The van der Waals surface area contributed by atoms with Crippen molar-refractivity contribution in [3.05, 3.63) is 173 Å². The molecule has 0 spiro atoms. The van der Waals surface area contributed by atoms with E-state index in [1.165, 1.54) is 100 Å². The minimum atomic E-state index is -0.703. The molecule has 0 unspecified atom stereocenters. The Morgan fingerprint density at radius 1 is 0.183 bits per heavy atom. The summed E-state index contributed by atoms with van der Waals surface area (Å²) in [5.41, 5.74) is 26.2. The van der Waals surface area contributed by atoms with Crippen LogP contribution in [0.1, 0.15) is 100 Å². The van der Waals surface area contributed by atoms with E-state index in [4.69, 9.17) is 0 Å². The Kier molecular flexibility index (Phi) is 22.7. The summed E-state index contributed by atoms with van der Waals surface area (Å²) in [6.45, 7) is 40.4. The Labute approximate surface area is 395 Å². The van der Waals surface area contributed by atoms with Crippen LogP contribution in [0, 0.1) is 125 Å². The van der Waals surface area contributed by atoms with E-state index < -0.39 is 63.4 Å². The molecule has 3 nitrogen and oxygen atoms in total. The van der Waals surface area contributed by atoms with E-state index in [2.05, 4.69) is 197 Å². The van der Waals surface area contributed by atoms with Crippen molar-refractivity contribution in [1.29, 1.82) is 0 Å². The van der Waals surface area contributed by atoms with E-state index in [9.17, 15) is 0 Å². The summed E-state index contributed by atoms with van der Waals surface area (Å²) in [5, 5.41) is 0. The third kappa shape index (κ3) is 14.9. The molecular formula is C54H72O3Sn3. The molecule has 0 fully saturated rings. The Morgan fingerprint density at radius 3 is 0.350 bits per heavy atom. The Bertz CT molecular complexity index is 1850. The first-order chi connectivity index (χ1) is 26.6. The molecular weight excluding hydrogens is 1050 g/mol. The summed E-state index contributed by atoms with van der Waals surface area (Å²) in [6, 6.07) is 28.0. The number of hydrogen-bond acceptors (Lipinski definition) is 0. The summed E-state index contributed by atoms with van der Waals surface area (Å²) >= 11 is -2.11. The maximum absolute atomic E-state index is 2.34. The van der Waals surface area contributed by atoms with Crippen LogP contribution in [0.5, 0.6) is 0 Å². The van der Waals surface area contributed by atoms with Gasteiger partial charge >= 0.3 is 382 Å². The van der Waals surface area contributed by atoms with Crippen LogP contribution in [0.2, 0.25) is 0 Å². The number of hydrogen-bond donors (Lipinski definition) is 0. The van der Waals surface area contributed by atoms with Gasteiger partial charge < -0.3 is 16.4 Å². The van der Waals surface area contributed by atoms with Crippen molar-refractivity contribution < 1.29 is 16.4 Å². The predicted molar refractivity (Wildman–Crippen MR) is 270 cm³/mol. The van der Waals surface area contributed by atoms with Crippen molar-refractivity contribution in [2.75, 3.05) is 0 Å². The molecule has 0 aliphatic rings. The molecule has 0 aliphatic carbocycles. The van der Waals surface area contributed by atoms with Crippen molar-refractivity contribution in [2.45, 2.75) is 125 Å². The SMILES string of the molecule is Cc1cc(C)[c]([Sn][c]2c(C)cc(C)cc2C)c(C)c1.Cc1cc(C)[c]([Sn][c]2c(C)cc(C)cc2C)c(C)c1.Cc1cc(C)[c]([Sn][c]2c(C)cc(C)cc2C)c(C)c1.O.O.O.